The van der Waals surface area contributed by atoms with Crippen molar-refractivity contribution in [2.75, 3.05) is 6.54 Å². The molecule has 1 aromatic carbocycles. The van der Waals surface area contributed by atoms with Crippen molar-refractivity contribution < 1.29 is 9.18 Å². The van der Waals surface area contributed by atoms with E-state index < -0.39 is 12.0 Å². The summed E-state index contributed by atoms with van der Waals surface area (Å²) in [6.45, 7) is 6.21. The van der Waals surface area contributed by atoms with Crippen molar-refractivity contribution in [2.45, 2.75) is 45.4 Å². The van der Waals surface area contributed by atoms with Crippen LogP contribution in [-0.2, 0) is 11.2 Å². The van der Waals surface area contributed by atoms with Crippen LogP contribution >= 0.6 is 0 Å². The number of nitriles is 1. The maximum absolute atomic E-state index is 13.6. The van der Waals surface area contributed by atoms with Crippen LogP contribution in [-0.4, -0.2) is 35.7 Å². The second-order valence-electron chi connectivity index (χ2n) is 7.37. The molecule has 1 saturated heterocycles. The molecule has 0 radical (unpaired) electrons. The summed E-state index contributed by atoms with van der Waals surface area (Å²) in [5.74, 6) is -0.571. The van der Waals surface area contributed by atoms with Gasteiger partial charge in [0.25, 0.3) is 5.56 Å². The Bertz CT molecular complexity index is 996. The Balaban J connectivity index is 1.73. The Morgan fingerprint density at radius 1 is 1.46 bits per heavy atom. The molecule has 1 aromatic heterocycles. The third-order valence-electron chi connectivity index (χ3n) is 5.49. The number of carbonyl (C=O) groups excluding carboxylic acids is 1. The molecule has 2 aromatic rings. The molecule has 28 heavy (non-hydrogen) atoms. The van der Waals surface area contributed by atoms with Gasteiger partial charge in [-0.05, 0) is 44.5 Å². The SMILES string of the molecule is Cc1c(CC(=O)N[C@@H](C)C2CNC(C#N)NC2C)c(=O)[nH]c2ccc(F)cc12. The molecule has 1 aliphatic heterocycles. The number of pyridine rings is 1. The van der Waals surface area contributed by atoms with E-state index in [-0.39, 0.29) is 35.9 Å². The number of hydrogen-bond donors (Lipinski definition) is 4. The quantitative estimate of drug-likeness (QED) is 0.629. The van der Waals surface area contributed by atoms with E-state index in [1.54, 1.807) is 6.92 Å². The second kappa shape index (κ2) is 8.09. The van der Waals surface area contributed by atoms with Crippen LogP contribution < -0.4 is 21.5 Å². The van der Waals surface area contributed by atoms with Crippen molar-refractivity contribution >= 4 is 16.8 Å². The lowest BCUT2D eigenvalue weighted by atomic mass is 9.91. The summed E-state index contributed by atoms with van der Waals surface area (Å²) in [5, 5.41) is 18.8. The molecule has 1 fully saturated rings. The second-order valence-corrected chi connectivity index (χ2v) is 7.37. The summed E-state index contributed by atoms with van der Waals surface area (Å²) in [4.78, 5) is 27.7. The molecule has 1 amide bonds. The lowest BCUT2D eigenvalue weighted by molar-refractivity contribution is -0.121. The average Bonchev–Trinajstić information content (AvgIpc) is 2.65. The van der Waals surface area contributed by atoms with E-state index >= 15 is 0 Å². The lowest BCUT2D eigenvalue weighted by Gasteiger charge is -2.37. The molecule has 4 atom stereocenters. The first-order valence-electron chi connectivity index (χ1n) is 9.29. The number of fused-ring (bicyclic) bond motifs is 1. The van der Waals surface area contributed by atoms with E-state index in [1.165, 1.54) is 18.2 Å². The van der Waals surface area contributed by atoms with Gasteiger partial charge in [0, 0.05) is 41.0 Å². The number of nitrogens with zero attached hydrogens (tertiary/aromatic N) is 1. The largest absolute Gasteiger partial charge is 0.353 e. The summed E-state index contributed by atoms with van der Waals surface area (Å²) < 4.78 is 13.6. The maximum Gasteiger partial charge on any atom is 0.252 e. The zero-order valence-electron chi connectivity index (χ0n) is 16.1. The summed E-state index contributed by atoms with van der Waals surface area (Å²) in [6, 6.07) is 6.19. The van der Waals surface area contributed by atoms with Gasteiger partial charge < -0.3 is 10.3 Å². The molecule has 3 unspecified atom stereocenters. The third kappa shape index (κ3) is 4.06. The van der Waals surface area contributed by atoms with Gasteiger partial charge in [-0.3, -0.25) is 20.2 Å². The zero-order chi connectivity index (χ0) is 20.4. The number of aromatic nitrogens is 1. The van der Waals surface area contributed by atoms with Gasteiger partial charge in [-0.25, -0.2) is 4.39 Å². The predicted octanol–water partition coefficient (Wildman–Crippen LogP) is 1.07. The van der Waals surface area contributed by atoms with Crippen LogP contribution in [0.15, 0.2) is 23.0 Å². The van der Waals surface area contributed by atoms with Gasteiger partial charge in [-0.2, -0.15) is 5.26 Å². The molecule has 0 saturated carbocycles. The minimum atomic E-state index is -0.395. The monoisotopic (exact) mass is 385 g/mol. The van der Waals surface area contributed by atoms with Crippen LogP contribution in [0.5, 0.6) is 0 Å². The fraction of sp³-hybridized carbons (Fsp3) is 0.450. The fourth-order valence-electron chi connectivity index (χ4n) is 3.82. The molecule has 0 bridgehead atoms. The molecule has 0 aliphatic carbocycles. The van der Waals surface area contributed by atoms with Crippen molar-refractivity contribution in [3.05, 3.63) is 45.5 Å². The number of aryl methyl sites for hydroxylation is 1. The summed E-state index contributed by atoms with van der Waals surface area (Å²) in [7, 11) is 0. The van der Waals surface area contributed by atoms with Gasteiger partial charge in [0.2, 0.25) is 5.91 Å². The number of halogens is 1. The Labute approximate surface area is 162 Å². The maximum atomic E-state index is 13.6. The van der Waals surface area contributed by atoms with Gasteiger partial charge in [0.1, 0.15) is 12.0 Å². The predicted molar refractivity (Wildman–Crippen MR) is 104 cm³/mol. The van der Waals surface area contributed by atoms with Crippen LogP contribution in [0.25, 0.3) is 10.9 Å². The number of nitrogens with one attached hydrogen (secondary N) is 4. The highest BCUT2D eigenvalue weighted by atomic mass is 19.1. The van der Waals surface area contributed by atoms with Crippen LogP contribution in [0.4, 0.5) is 4.39 Å². The van der Waals surface area contributed by atoms with Crippen molar-refractivity contribution in [1.82, 2.24) is 20.9 Å². The van der Waals surface area contributed by atoms with Gasteiger partial charge in [-0.15, -0.1) is 0 Å². The van der Waals surface area contributed by atoms with Gasteiger partial charge >= 0.3 is 0 Å². The van der Waals surface area contributed by atoms with E-state index in [0.717, 1.165) is 0 Å². The fourth-order valence-corrected chi connectivity index (χ4v) is 3.82. The van der Waals surface area contributed by atoms with Crippen LogP contribution in [0.2, 0.25) is 0 Å². The Hall–Kier alpha value is -2.76. The highest BCUT2D eigenvalue weighted by Crippen LogP contribution is 2.19. The van der Waals surface area contributed by atoms with Crippen molar-refractivity contribution in [2.24, 2.45) is 5.92 Å². The van der Waals surface area contributed by atoms with Crippen molar-refractivity contribution in [3.63, 3.8) is 0 Å². The number of aromatic amines is 1. The van der Waals surface area contributed by atoms with E-state index in [1.807, 2.05) is 13.8 Å². The molecule has 3 rings (SSSR count). The standard InChI is InChI=1S/C20H24FN5O2/c1-10-14-6-13(21)4-5-17(14)26-20(28)15(10)7-19(27)25-12(3)16-9-23-18(8-22)24-11(16)2/h4-6,11-12,16,18,23-24H,7,9H2,1-3H3,(H,25,27)(H,26,28)/t11?,12-,16?,18?/m0/s1. The first-order valence-corrected chi connectivity index (χ1v) is 9.29. The summed E-state index contributed by atoms with van der Waals surface area (Å²) in [5.41, 5.74) is 1.14. The Morgan fingerprint density at radius 2 is 2.21 bits per heavy atom. The Kier molecular flexibility index (Phi) is 5.77. The zero-order valence-corrected chi connectivity index (χ0v) is 16.1. The number of benzene rings is 1. The highest BCUT2D eigenvalue weighted by molar-refractivity contribution is 5.85. The normalized spacial score (nSPS) is 23.2. The molecular weight excluding hydrogens is 361 g/mol. The van der Waals surface area contributed by atoms with Crippen LogP contribution in [0.1, 0.15) is 25.0 Å². The van der Waals surface area contributed by atoms with Gasteiger partial charge in [0.05, 0.1) is 12.5 Å². The molecule has 2 heterocycles. The third-order valence-corrected chi connectivity index (χ3v) is 5.49. The van der Waals surface area contributed by atoms with Gasteiger partial charge in [0.15, 0.2) is 0 Å². The van der Waals surface area contributed by atoms with E-state index in [4.69, 9.17) is 5.26 Å². The smallest absolute Gasteiger partial charge is 0.252 e. The minimum Gasteiger partial charge on any atom is -0.353 e. The molecule has 0 spiro atoms. The van der Waals surface area contributed by atoms with E-state index in [9.17, 15) is 14.0 Å². The van der Waals surface area contributed by atoms with Crippen molar-refractivity contribution in [3.8, 4) is 6.07 Å². The van der Waals surface area contributed by atoms with Crippen LogP contribution in [0, 0.1) is 30.0 Å². The Morgan fingerprint density at radius 3 is 2.89 bits per heavy atom. The number of amides is 1. The highest BCUT2D eigenvalue weighted by Gasteiger charge is 2.31. The van der Waals surface area contributed by atoms with Crippen molar-refractivity contribution in [1.29, 1.82) is 5.26 Å². The van der Waals surface area contributed by atoms with Crippen LogP contribution in [0.3, 0.4) is 0 Å². The minimum absolute atomic E-state index is 0.0509. The number of hydrogen-bond acceptors (Lipinski definition) is 5. The molecule has 8 heteroatoms. The van der Waals surface area contributed by atoms with E-state index in [2.05, 4.69) is 27.0 Å². The molecule has 7 nitrogen and oxygen atoms in total. The van der Waals surface area contributed by atoms with Gasteiger partial charge in [-0.1, -0.05) is 0 Å². The first kappa shape index (κ1) is 20.0. The molecule has 1 aliphatic rings. The molecule has 4 N–H and O–H groups in total. The lowest BCUT2D eigenvalue weighted by Crippen LogP contribution is -2.61. The first-order chi connectivity index (χ1) is 13.3. The summed E-state index contributed by atoms with van der Waals surface area (Å²) in [6.07, 6.45) is -0.478. The topological polar surface area (TPSA) is 110 Å². The summed E-state index contributed by atoms with van der Waals surface area (Å²) >= 11 is 0. The number of H-pyrrole nitrogens is 1. The van der Waals surface area contributed by atoms with E-state index in [0.29, 0.717) is 28.6 Å². The number of rotatable bonds is 4. The molecular formula is C20H24FN5O2. The average molecular weight is 385 g/mol. The number of carbonyl (C=O) groups is 1. The molecule has 148 valence electrons.